The molecule has 0 radical (unpaired) electrons. The SMILES string of the molecule is CN(CC(O)C(=O)O)C1(C)CCCCC1. The molecule has 0 aromatic heterocycles. The fourth-order valence-corrected chi connectivity index (χ4v) is 2.25. The predicted octanol–water partition coefficient (Wildman–Crippen LogP) is 1.09. The maximum absolute atomic E-state index is 10.5. The van der Waals surface area contributed by atoms with Crippen molar-refractivity contribution in [1.29, 1.82) is 0 Å². The molecule has 15 heavy (non-hydrogen) atoms. The van der Waals surface area contributed by atoms with Crippen LogP contribution in [-0.2, 0) is 4.79 Å². The number of β-amino-alcohol motifs (C(OH)–C–C–N with tert-alkyl or cyclic N) is 1. The number of likely N-dealkylation sites (N-methyl/N-ethyl adjacent to an activating group) is 1. The third-order valence-electron chi connectivity index (χ3n) is 3.58. The van der Waals surface area contributed by atoms with Crippen LogP contribution in [0.15, 0.2) is 0 Å². The Morgan fingerprint density at radius 3 is 2.40 bits per heavy atom. The average Bonchev–Trinajstić information content (AvgIpc) is 2.18. The molecule has 0 bridgehead atoms. The van der Waals surface area contributed by atoms with Crippen LogP contribution in [0, 0.1) is 0 Å². The Balaban J connectivity index is 2.50. The van der Waals surface area contributed by atoms with Crippen LogP contribution >= 0.6 is 0 Å². The predicted molar refractivity (Wildman–Crippen MR) is 57.8 cm³/mol. The highest BCUT2D eigenvalue weighted by atomic mass is 16.4. The Hall–Kier alpha value is -0.610. The summed E-state index contributed by atoms with van der Waals surface area (Å²) in [6.07, 6.45) is 4.58. The lowest BCUT2D eigenvalue weighted by atomic mass is 9.82. The lowest BCUT2D eigenvalue weighted by Crippen LogP contribution is -2.49. The molecule has 0 spiro atoms. The number of rotatable bonds is 4. The maximum Gasteiger partial charge on any atom is 0.333 e. The van der Waals surface area contributed by atoms with E-state index < -0.39 is 12.1 Å². The summed E-state index contributed by atoms with van der Waals surface area (Å²) in [5.41, 5.74) is 0.0642. The van der Waals surface area contributed by atoms with Crippen molar-refractivity contribution in [3.8, 4) is 0 Å². The molecule has 1 saturated carbocycles. The summed E-state index contributed by atoms with van der Waals surface area (Å²) in [5.74, 6) is -1.14. The first-order chi connectivity index (χ1) is 6.96. The van der Waals surface area contributed by atoms with Crippen LogP contribution in [0.1, 0.15) is 39.0 Å². The second-order valence-electron chi connectivity index (χ2n) is 4.79. The molecule has 0 amide bonds. The number of carboxylic acid groups (broad SMARTS) is 1. The summed E-state index contributed by atoms with van der Waals surface area (Å²) in [7, 11) is 1.90. The van der Waals surface area contributed by atoms with E-state index in [9.17, 15) is 9.90 Å². The first kappa shape index (κ1) is 12.5. The van der Waals surface area contributed by atoms with Gasteiger partial charge in [-0.2, -0.15) is 0 Å². The zero-order valence-corrected chi connectivity index (χ0v) is 9.57. The number of carboxylic acids is 1. The molecule has 0 heterocycles. The van der Waals surface area contributed by atoms with Crippen molar-refractivity contribution in [2.24, 2.45) is 0 Å². The van der Waals surface area contributed by atoms with E-state index in [1.165, 1.54) is 19.3 Å². The average molecular weight is 215 g/mol. The Bertz CT molecular complexity index is 224. The number of aliphatic hydroxyl groups is 1. The first-order valence-corrected chi connectivity index (χ1v) is 5.58. The van der Waals surface area contributed by atoms with E-state index in [4.69, 9.17) is 5.11 Å². The number of nitrogens with zero attached hydrogens (tertiary/aromatic N) is 1. The monoisotopic (exact) mass is 215 g/mol. The molecular weight excluding hydrogens is 194 g/mol. The largest absolute Gasteiger partial charge is 0.479 e. The molecule has 4 nitrogen and oxygen atoms in total. The summed E-state index contributed by atoms with van der Waals surface area (Å²) in [6, 6.07) is 0. The van der Waals surface area contributed by atoms with Gasteiger partial charge in [0.25, 0.3) is 0 Å². The van der Waals surface area contributed by atoms with Gasteiger partial charge in [0.2, 0.25) is 0 Å². The van der Waals surface area contributed by atoms with E-state index in [0.717, 1.165) is 12.8 Å². The number of aliphatic hydroxyl groups excluding tert-OH is 1. The quantitative estimate of drug-likeness (QED) is 0.737. The van der Waals surface area contributed by atoms with Crippen molar-refractivity contribution >= 4 is 5.97 Å². The molecule has 88 valence electrons. The van der Waals surface area contributed by atoms with Gasteiger partial charge in [-0.25, -0.2) is 4.79 Å². The van der Waals surface area contributed by atoms with Crippen LogP contribution in [0.25, 0.3) is 0 Å². The number of hydrogen-bond donors (Lipinski definition) is 2. The van der Waals surface area contributed by atoms with Crippen LogP contribution in [0.2, 0.25) is 0 Å². The molecule has 1 aliphatic rings. The highest BCUT2D eigenvalue weighted by Gasteiger charge is 2.32. The van der Waals surface area contributed by atoms with E-state index in [1.54, 1.807) is 0 Å². The molecule has 0 aromatic rings. The standard InChI is InChI=1S/C11H21NO3/c1-11(6-4-3-5-7-11)12(2)8-9(13)10(14)15/h9,13H,3-8H2,1-2H3,(H,14,15). The topological polar surface area (TPSA) is 60.8 Å². The molecule has 2 N–H and O–H groups in total. The van der Waals surface area contributed by atoms with E-state index in [2.05, 4.69) is 6.92 Å². The van der Waals surface area contributed by atoms with Gasteiger partial charge in [-0.15, -0.1) is 0 Å². The molecule has 0 saturated heterocycles. The Morgan fingerprint density at radius 2 is 1.93 bits per heavy atom. The van der Waals surface area contributed by atoms with Crippen molar-refractivity contribution in [3.63, 3.8) is 0 Å². The van der Waals surface area contributed by atoms with Crippen molar-refractivity contribution in [3.05, 3.63) is 0 Å². The van der Waals surface area contributed by atoms with Crippen molar-refractivity contribution in [2.45, 2.75) is 50.7 Å². The smallest absolute Gasteiger partial charge is 0.333 e. The fraction of sp³-hybridized carbons (Fsp3) is 0.909. The molecule has 1 atom stereocenters. The third kappa shape index (κ3) is 3.18. The van der Waals surface area contributed by atoms with Gasteiger partial charge in [-0.1, -0.05) is 19.3 Å². The highest BCUT2D eigenvalue weighted by molar-refractivity contribution is 5.72. The van der Waals surface area contributed by atoms with Crippen LogP contribution in [0.4, 0.5) is 0 Å². The summed E-state index contributed by atoms with van der Waals surface area (Å²) < 4.78 is 0. The van der Waals surface area contributed by atoms with Gasteiger partial charge in [0.15, 0.2) is 6.10 Å². The van der Waals surface area contributed by atoms with Gasteiger partial charge in [0.05, 0.1) is 0 Å². The highest BCUT2D eigenvalue weighted by Crippen LogP contribution is 2.32. The zero-order chi connectivity index (χ0) is 11.5. The van der Waals surface area contributed by atoms with E-state index in [0.29, 0.717) is 0 Å². The van der Waals surface area contributed by atoms with Crippen molar-refractivity contribution in [2.75, 3.05) is 13.6 Å². The van der Waals surface area contributed by atoms with Gasteiger partial charge < -0.3 is 10.2 Å². The van der Waals surface area contributed by atoms with Crippen LogP contribution < -0.4 is 0 Å². The van der Waals surface area contributed by atoms with Gasteiger partial charge in [-0.3, -0.25) is 4.90 Å². The maximum atomic E-state index is 10.5. The normalized spacial score (nSPS) is 22.7. The molecule has 0 aliphatic heterocycles. The minimum atomic E-state index is -1.27. The third-order valence-corrected chi connectivity index (χ3v) is 3.58. The second-order valence-corrected chi connectivity index (χ2v) is 4.79. The number of hydrogen-bond acceptors (Lipinski definition) is 3. The summed E-state index contributed by atoms with van der Waals surface area (Å²) >= 11 is 0. The molecule has 1 unspecified atom stereocenters. The van der Waals surface area contributed by atoms with Crippen LogP contribution in [0.5, 0.6) is 0 Å². The lowest BCUT2D eigenvalue weighted by Gasteiger charge is -2.42. The van der Waals surface area contributed by atoms with Crippen molar-refractivity contribution < 1.29 is 15.0 Å². The van der Waals surface area contributed by atoms with Crippen molar-refractivity contribution in [1.82, 2.24) is 4.90 Å². The molecule has 1 aliphatic carbocycles. The van der Waals surface area contributed by atoms with E-state index in [1.807, 2.05) is 11.9 Å². The number of aliphatic carboxylic acids is 1. The van der Waals surface area contributed by atoms with Crippen LogP contribution in [-0.4, -0.2) is 46.3 Å². The van der Waals surface area contributed by atoms with Gasteiger partial charge >= 0.3 is 5.97 Å². The number of carbonyl (C=O) groups is 1. The lowest BCUT2D eigenvalue weighted by molar-refractivity contribution is -0.148. The first-order valence-electron chi connectivity index (χ1n) is 5.58. The molecule has 4 heteroatoms. The van der Waals surface area contributed by atoms with E-state index in [-0.39, 0.29) is 12.1 Å². The minimum absolute atomic E-state index is 0.0642. The van der Waals surface area contributed by atoms with Gasteiger partial charge in [0.1, 0.15) is 0 Å². The fourth-order valence-electron chi connectivity index (χ4n) is 2.25. The summed E-state index contributed by atoms with van der Waals surface area (Å²) in [6.45, 7) is 2.37. The molecular formula is C11H21NO3. The zero-order valence-electron chi connectivity index (χ0n) is 9.57. The Labute approximate surface area is 90.9 Å². The Kier molecular flexibility index (Phi) is 4.11. The van der Waals surface area contributed by atoms with E-state index >= 15 is 0 Å². The molecule has 1 fully saturated rings. The minimum Gasteiger partial charge on any atom is -0.479 e. The van der Waals surface area contributed by atoms with Crippen LogP contribution in [0.3, 0.4) is 0 Å². The molecule has 1 rings (SSSR count). The summed E-state index contributed by atoms with van der Waals surface area (Å²) in [5, 5.41) is 17.9. The second kappa shape index (κ2) is 4.94. The van der Waals surface area contributed by atoms with Gasteiger partial charge in [-0.05, 0) is 26.8 Å². The summed E-state index contributed by atoms with van der Waals surface area (Å²) in [4.78, 5) is 12.5. The van der Waals surface area contributed by atoms with Gasteiger partial charge in [0, 0.05) is 12.1 Å². The Morgan fingerprint density at radius 1 is 1.40 bits per heavy atom. The molecule has 0 aromatic carbocycles.